The molecule has 3 nitrogen and oxygen atoms in total. The lowest BCUT2D eigenvalue weighted by Gasteiger charge is -2.31. The normalized spacial score (nSPS) is 22.9. The van der Waals surface area contributed by atoms with Crippen molar-refractivity contribution in [3.8, 4) is 0 Å². The van der Waals surface area contributed by atoms with Gasteiger partial charge in [-0.2, -0.15) is 0 Å². The Labute approximate surface area is 102 Å². The first-order valence-corrected chi connectivity index (χ1v) is 6.93. The highest BCUT2D eigenvalue weighted by Crippen LogP contribution is 2.40. The summed E-state index contributed by atoms with van der Waals surface area (Å²) in [6, 6.07) is 7.07. The molecule has 1 aliphatic rings. The Balaban J connectivity index is 2.85. The third-order valence-corrected chi connectivity index (χ3v) is 4.90. The minimum Gasteiger partial charge on any atom is -0.343 e. The first kappa shape index (κ1) is 11.9. The molecule has 17 heavy (non-hydrogen) atoms. The Bertz CT molecular complexity index is 612. The molecule has 90 valence electrons. The Kier molecular flexibility index (Phi) is 2.83. The van der Waals surface area contributed by atoms with E-state index in [1.54, 1.807) is 25.1 Å². The largest absolute Gasteiger partial charge is 0.343 e. The van der Waals surface area contributed by atoms with Gasteiger partial charge in [-0.15, -0.1) is 0 Å². The average Bonchev–Trinajstić information content (AvgIpc) is 2.33. The monoisotopic (exact) mass is 249 g/mol. The fourth-order valence-electron chi connectivity index (χ4n) is 2.15. The number of hydrogen-bond acceptors (Lipinski definition) is 3. The van der Waals surface area contributed by atoms with Gasteiger partial charge >= 0.3 is 0 Å². The molecular formula is C13H15NO2S. The maximum Gasteiger partial charge on any atom is 0.210 e. The number of anilines is 1. The predicted molar refractivity (Wildman–Crippen MR) is 69.5 cm³/mol. The van der Waals surface area contributed by atoms with Crippen LogP contribution in [0.3, 0.4) is 0 Å². The van der Waals surface area contributed by atoms with Crippen LogP contribution in [0, 0.1) is 0 Å². The minimum absolute atomic E-state index is 0.376. The minimum atomic E-state index is -3.38. The predicted octanol–water partition coefficient (Wildman–Crippen LogP) is 2.72. The van der Waals surface area contributed by atoms with Crippen molar-refractivity contribution in [1.29, 1.82) is 0 Å². The third-order valence-electron chi connectivity index (χ3n) is 2.96. The van der Waals surface area contributed by atoms with Crippen LogP contribution in [0.1, 0.15) is 13.8 Å². The van der Waals surface area contributed by atoms with E-state index in [-0.39, 0.29) is 0 Å². The van der Waals surface area contributed by atoms with E-state index < -0.39 is 9.84 Å². The highest BCUT2D eigenvalue weighted by Gasteiger charge is 2.33. The summed E-state index contributed by atoms with van der Waals surface area (Å²) < 4.78 is 24.8. The highest BCUT2D eigenvalue weighted by molar-refractivity contribution is 7.95. The van der Waals surface area contributed by atoms with E-state index in [1.807, 2.05) is 37.1 Å². The van der Waals surface area contributed by atoms with Crippen molar-refractivity contribution in [3.05, 3.63) is 47.0 Å². The lowest BCUT2D eigenvalue weighted by atomic mass is 10.2. The number of nitrogens with zero attached hydrogens (tertiary/aromatic N) is 1. The number of allylic oxidation sites excluding steroid dienone is 2. The van der Waals surface area contributed by atoms with E-state index in [4.69, 9.17) is 0 Å². The van der Waals surface area contributed by atoms with Crippen LogP contribution >= 0.6 is 0 Å². The fourth-order valence-corrected chi connectivity index (χ4v) is 3.97. The second-order valence-corrected chi connectivity index (χ2v) is 5.74. The van der Waals surface area contributed by atoms with Gasteiger partial charge in [0.15, 0.2) is 0 Å². The van der Waals surface area contributed by atoms with E-state index in [9.17, 15) is 8.42 Å². The van der Waals surface area contributed by atoms with Gasteiger partial charge in [0, 0.05) is 7.05 Å². The molecule has 0 radical (unpaired) electrons. The standard InChI is InChI=1S/C13H15NO2S/c1-4-10-12(5-2)17(15,16)13-9-7-6-8-11(13)14(10)3/h4-9H,1-3H3/b10-4?,12-5+. The van der Waals surface area contributed by atoms with Crippen molar-refractivity contribution < 1.29 is 8.42 Å². The quantitative estimate of drug-likeness (QED) is 0.709. The summed E-state index contributed by atoms with van der Waals surface area (Å²) in [5.41, 5.74) is 1.46. The van der Waals surface area contributed by atoms with Crippen molar-refractivity contribution in [2.45, 2.75) is 18.7 Å². The molecule has 0 saturated heterocycles. The number of sulfone groups is 1. The molecule has 2 rings (SSSR count). The summed E-state index contributed by atoms with van der Waals surface area (Å²) in [4.78, 5) is 2.66. The van der Waals surface area contributed by atoms with Crippen LogP contribution in [0.5, 0.6) is 0 Å². The summed E-state index contributed by atoms with van der Waals surface area (Å²) in [5, 5.41) is 0. The Morgan fingerprint density at radius 2 is 1.76 bits per heavy atom. The van der Waals surface area contributed by atoms with Gasteiger partial charge in [0.25, 0.3) is 0 Å². The van der Waals surface area contributed by atoms with Crippen LogP contribution in [0.2, 0.25) is 0 Å². The molecule has 1 aliphatic heterocycles. The summed E-state index contributed by atoms with van der Waals surface area (Å²) in [6.45, 7) is 3.59. The molecule has 0 unspecified atom stereocenters. The SMILES string of the molecule is CC=C1/C(=C\C)S(=O)(=O)c2ccccc2N1C. The van der Waals surface area contributed by atoms with Gasteiger partial charge in [0.1, 0.15) is 0 Å². The van der Waals surface area contributed by atoms with Crippen molar-refractivity contribution in [1.82, 2.24) is 0 Å². The zero-order valence-corrected chi connectivity index (χ0v) is 11.0. The summed E-state index contributed by atoms with van der Waals surface area (Å²) in [7, 11) is -1.49. The molecule has 0 aliphatic carbocycles. The van der Waals surface area contributed by atoms with E-state index in [1.165, 1.54) is 0 Å². The topological polar surface area (TPSA) is 37.4 Å². The lowest BCUT2D eigenvalue weighted by molar-refractivity contribution is 0.600. The molecule has 0 saturated carbocycles. The zero-order valence-electron chi connectivity index (χ0n) is 10.1. The molecule has 0 N–H and O–H groups in total. The summed E-state index contributed by atoms with van der Waals surface area (Å²) in [6.07, 6.45) is 3.47. The number of rotatable bonds is 0. The molecule has 1 heterocycles. The molecular weight excluding hydrogens is 234 g/mol. The third kappa shape index (κ3) is 1.60. The lowest BCUT2D eigenvalue weighted by Crippen LogP contribution is -2.28. The summed E-state index contributed by atoms with van der Waals surface area (Å²) >= 11 is 0. The van der Waals surface area contributed by atoms with Crippen LogP contribution in [0.15, 0.2) is 51.9 Å². The zero-order chi connectivity index (χ0) is 12.6. The number of likely N-dealkylation sites (N-methyl/N-ethyl adjacent to an activating group) is 1. The maximum absolute atomic E-state index is 12.4. The van der Waals surface area contributed by atoms with Crippen LogP contribution < -0.4 is 4.90 Å². The van der Waals surface area contributed by atoms with Crippen molar-refractivity contribution >= 4 is 15.5 Å². The van der Waals surface area contributed by atoms with Gasteiger partial charge in [-0.1, -0.05) is 24.3 Å². The first-order chi connectivity index (χ1) is 8.04. The smallest absolute Gasteiger partial charge is 0.210 e. The van der Waals surface area contributed by atoms with E-state index >= 15 is 0 Å². The van der Waals surface area contributed by atoms with Gasteiger partial charge < -0.3 is 4.90 Å². The number of para-hydroxylation sites is 1. The average molecular weight is 249 g/mol. The van der Waals surface area contributed by atoms with Crippen molar-refractivity contribution in [3.63, 3.8) is 0 Å². The molecule has 0 atom stereocenters. The Hall–Kier alpha value is -1.55. The van der Waals surface area contributed by atoms with Crippen molar-refractivity contribution in [2.24, 2.45) is 0 Å². The Morgan fingerprint density at radius 1 is 1.12 bits per heavy atom. The molecule has 0 amide bonds. The molecule has 0 bridgehead atoms. The van der Waals surface area contributed by atoms with Crippen LogP contribution in [-0.4, -0.2) is 15.5 Å². The van der Waals surface area contributed by atoms with Crippen LogP contribution in [0.4, 0.5) is 5.69 Å². The number of benzene rings is 1. The van der Waals surface area contributed by atoms with Crippen LogP contribution in [-0.2, 0) is 9.84 Å². The fraction of sp³-hybridized carbons (Fsp3) is 0.231. The second kappa shape index (κ2) is 4.04. The molecule has 1 aromatic rings. The van der Waals surface area contributed by atoms with Gasteiger partial charge in [0.2, 0.25) is 9.84 Å². The molecule has 4 heteroatoms. The van der Waals surface area contributed by atoms with E-state index in [0.29, 0.717) is 9.80 Å². The van der Waals surface area contributed by atoms with Crippen molar-refractivity contribution in [2.75, 3.05) is 11.9 Å². The number of hydrogen-bond donors (Lipinski definition) is 0. The van der Waals surface area contributed by atoms with Crippen LogP contribution in [0.25, 0.3) is 0 Å². The van der Waals surface area contributed by atoms with E-state index in [0.717, 1.165) is 11.4 Å². The number of fused-ring (bicyclic) bond motifs is 1. The van der Waals surface area contributed by atoms with Gasteiger partial charge in [-0.25, -0.2) is 8.42 Å². The molecule has 0 aromatic heterocycles. The second-order valence-electron chi connectivity index (χ2n) is 3.86. The Morgan fingerprint density at radius 3 is 2.35 bits per heavy atom. The van der Waals surface area contributed by atoms with Gasteiger partial charge in [-0.3, -0.25) is 0 Å². The molecule has 0 spiro atoms. The highest BCUT2D eigenvalue weighted by atomic mass is 32.2. The summed E-state index contributed by atoms with van der Waals surface area (Å²) in [5.74, 6) is 0. The maximum atomic E-state index is 12.4. The first-order valence-electron chi connectivity index (χ1n) is 5.45. The molecule has 0 fully saturated rings. The van der Waals surface area contributed by atoms with Gasteiger partial charge in [0.05, 0.1) is 21.2 Å². The van der Waals surface area contributed by atoms with E-state index in [2.05, 4.69) is 0 Å². The van der Waals surface area contributed by atoms with Gasteiger partial charge in [-0.05, 0) is 26.0 Å². The molecule has 1 aromatic carbocycles.